The van der Waals surface area contributed by atoms with Crippen molar-refractivity contribution in [2.24, 2.45) is 0 Å². The van der Waals surface area contributed by atoms with Gasteiger partial charge in [-0.3, -0.25) is 0 Å². The Balaban J connectivity index is 2.46. The van der Waals surface area contributed by atoms with E-state index < -0.39 is 0 Å². The maximum atomic E-state index is 3.40. The highest BCUT2D eigenvalue weighted by Gasteiger charge is 2.13. The summed E-state index contributed by atoms with van der Waals surface area (Å²) >= 11 is 0. The average molecular weight is 225 g/mol. The van der Waals surface area contributed by atoms with Crippen molar-refractivity contribution in [3.63, 3.8) is 0 Å². The predicted molar refractivity (Wildman–Crippen MR) is 73.3 cm³/mol. The van der Waals surface area contributed by atoms with Crippen LogP contribution in [0.5, 0.6) is 0 Å². The monoisotopic (exact) mass is 225 g/mol. The molecule has 0 fully saturated rings. The second-order valence-corrected chi connectivity index (χ2v) is 4.49. The lowest BCUT2D eigenvalue weighted by Crippen LogP contribution is -2.18. The van der Waals surface area contributed by atoms with E-state index in [2.05, 4.69) is 67.7 Å². The van der Waals surface area contributed by atoms with Crippen LogP contribution >= 0.6 is 0 Å². The molecule has 1 atom stereocenters. The first-order chi connectivity index (χ1) is 8.22. The molecule has 0 radical (unpaired) electrons. The molecule has 0 aliphatic rings. The van der Waals surface area contributed by atoms with E-state index in [0.717, 1.165) is 0 Å². The number of aryl methyl sites for hydroxylation is 2. The molecule has 1 heteroatoms. The Morgan fingerprint density at radius 2 is 1.65 bits per heavy atom. The van der Waals surface area contributed by atoms with Crippen LogP contribution < -0.4 is 5.32 Å². The van der Waals surface area contributed by atoms with Crippen molar-refractivity contribution in [3.8, 4) is 0 Å². The predicted octanol–water partition coefficient (Wildman–Crippen LogP) is 3.61. The summed E-state index contributed by atoms with van der Waals surface area (Å²) in [5.74, 6) is 0. The number of benzene rings is 2. The second kappa shape index (κ2) is 5.15. The van der Waals surface area contributed by atoms with Crippen LogP contribution in [0.4, 0.5) is 0 Å². The third-order valence-electron chi connectivity index (χ3n) is 3.17. The van der Waals surface area contributed by atoms with Gasteiger partial charge in [0.1, 0.15) is 0 Å². The fourth-order valence-corrected chi connectivity index (χ4v) is 2.22. The molecule has 0 aliphatic heterocycles. The van der Waals surface area contributed by atoms with Crippen molar-refractivity contribution in [3.05, 3.63) is 70.8 Å². The van der Waals surface area contributed by atoms with Gasteiger partial charge in [-0.15, -0.1) is 0 Å². The summed E-state index contributed by atoms with van der Waals surface area (Å²) < 4.78 is 0. The molecule has 0 aromatic heterocycles. The van der Waals surface area contributed by atoms with Gasteiger partial charge in [-0.1, -0.05) is 54.1 Å². The van der Waals surface area contributed by atoms with Gasteiger partial charge in [0.15, 0.2) is 0 Å². The van der Waals surface area contributed by atoms with Crippen LogP contribution in [0.2, 0.25) is 0 Å². The van der Waals surface area contributed by atoms with Crippen LogP contribution in [0.15, 0.2) is 48.5 Å². The molecule has 2 rings (SSSR count). The zero-order valence-corrected chi connectivity index (χ0v) is 10.7. The highest BCUT2D eigenvalue weighted by atomic mass is 14.9. The Bertz CT molecular complexity index is 488. The highest BCUT2D eigenvalue weighted by molar-refractivity contribution is 5.39. The molecular formula is C16H19N. The molecule has 17 heavy (non-hydrogen) atoms. The van der Waals surface area contributed by atoms with Crippen LogP contribution in [0, 0.1) is 13.8 Å². The summed E-state index contributed by atoms with van der Waals surface area (Å²) in [6, 6.07) is 17.5. The smallest absolute Gasteiger partial charge is 0.0576 e. The van der Waals surface area contributed by atoms with Crippen molar-refractivity contribution in [1.82, 2.24) is 5.32 Å². The Morgan fingerprint density at radius 1 is 0.941 bits per heavy atom. The van der Waals surface area contributed by atoms with E-state index in [9.17, 15) is 0 Å². The molecule has 0 saturated heterocycles. The van der Waals surface area contributed by atoms with Gasteiger partial charge in [-0.05, 0) is 37.6 Å². The summed E-state index contributed by atoms with van der Waals surface area (Å²) in [6.45, 7) is 4.31. The van der Waals surface area contributed by atoms with Crippen molar-refractivity contribution < 1.29 is 0 Å². The van der Waals surface area contributed by atoms with Gasteiger partial charge in [-0.2, -0.15) is 0 Å². The molecule has 0 aliphatic carbocycles. The zero-order valence-electron chi connectivity index (χ0n) is 10.7. The third-order valence-corrected chi connectivity index (χ3v) is 3.17. The minimum atomic E-state index is 0.274. The third kappa shape index (κ3) is 2.56. The van der Waals surface area contributed by atoms with Gasteiger partial charge in [0.2, 0.25) is 0 Å². The first kappa shape index (κ1) is 11.9. The number of hydrogen-bond acceptors (Lipinski definition) is 1. The van der Waals surface area contributed by atoms with Gasteiger partial charge >= 0.3 is 0 Å². The molecular weight excluding hydrogens is 206 g/mol. The fourth-order valence-electron chi connectivity index (χ4n) is 2.22. The fraction of sp³-hybridized carbons (Fsp3) is 0.250. The average Bonchev–Trinajstić information content (AvgIpc) is 2.36. The van der Waals surface area contributed by atoms with Crippen LogP contribution in [0.3, 0.4) is 0 Å². The van der Waals surface area contributed by atoms with E-state index in [0.29, 0.717) is 0 Å². The Kier molecular flexibility index (Phi) is 3.60. The Hall–Kier alpha value is -1.60. The molecule has 1 N–H and O–H groups in total. The minimum Gasteiger partial charge on any atom is -0.309 e. The van der Waals surface area contributed by atoms with Crippen LogP contribution in [0.25, 0.3) is 0 Å². The standard InChI is InChI=1S/C16H19N/c1-12-9-10-13(2)15(11-12)16(17-3)14-7-5-4-6-8-14/h4-11,16-17H,1-3H3. The van der Waals surface area contributed by atoms with E-state index in [1.165, 1.54) is 22.3 Å². The number of hydrogen-bond donors (Lipinski definition) is 1. The highest BCUT2D eigenvalue weighted by Crippen LogP contribution is 2.25. The van der Waals surface area contributed by atoms with Gasteiger partial charge in [-0.25, -0.2) is 0 Å². The molecule has 1 unspecified atom stereocenters. The SMILES string of the molecule is CNC(c1ccccc1)c1cc(C)ccc1C. The lowest BCUT2D eigenvalue weighted by molar-refractivity contribution is 0.687. The zero-order chi connectivity index (χ0) is 12.3. The molecule has 2 aromatic carbocycles. The van der Waals surface area contributed by atoms with E-state index in [1.807, 2.05) is 7.05 Å². The molecule has 0 bridgehead atoms. The normalized spacial score (nSPS) is 12.4. The lowest BCUT2D eigenvalue weighted by atomic mass is 9.94. The van der Waals surface area contributed by atoms with Gasteiger partial charge in [0.05, 0.1) is 6.04 Å². The molecule has 1 nitrogen and oxygen atoms in total. The van der Waals surface area contributed by atoms with E-state index in [-0.39, 0.29) is 6.04 Å². The number of rotatable bonds is 3. The summed E-state index contributed by atoms with van der Waals surface area (Å²) in [4.78, 5) is 0. The maximum absolute atomic E-state index is 3.40. The summed E-state index contributed by atoms with van der Waals surface area (Å²) in [5, 5.41) is 3.40. The lowest BCUT2D eigenvalue weighted by Gasteiger charge is -2.20. The number of nitrogens with one attached hydrogen (secondary N) is 1. The largest absolute Gasteiger partial charge is 0.309 e. The molecule has 2 aromatic rings. The molecule has 0 spiro atoms. The quantitative estimate of drug-likeness (QED) is 0.841. The summed E-state index contributed by atoms with van der Waals surface area (Å²) in [6.07, 6.45) is 0. The minimum absolute atomic E-state index is 0.274. The molecule has 88 valence electrons. The first-order valence-corrected chi connectivity index (χ1v) is 6.01. The van der Waals surface area contributed by atoms with Crippen LogP contribution in [-0.2, 0) is 0 Å². The van der Waals surface area contributed by atoms with Crippen LogP contribution in [-0.4, -0.2) is 7.05 Å². The molecule has 0 heterocycles. The van der Waals surface area contributed by atoms with Gasteiger partial charge in [0.25, 0.3) is 0 Å². The van der Waals surface area contributed by atoms with Gasteiger partial charge in [0, 0.05) is 0 Å². The topological polar surface area (TPSA) is 12.0 Å². The van der Waals surface area contributed by atoms with E-state index >= 15 is 0 Å². The van der Waals surface area contributed by atoms with Crippen molar-refractivity contribution in [2.75, 3.05) is 7.05 Å². The van der Waals surface area contributed by atoms with Crippen molar-refractivity contribution >= 4 is 0 Å². The Morgan fingerprint density at radius 3 is 2.29 bits per heavy atom. The van der Waals surface area contributed by atoms with Crippen LogP contribution in [0.1, 0.15) is 28.3 Å². The van der Waals surface area contributed by atoms with Crippen molar-refractivity contribution in [2.45, 2.75) is 19.9 Å². The summed E-state index contributed by atoms with van der Waals surface area (Å²) in [7, 11) is 2.01. The molecule has 0 saturated carbocycles. The first-order valence-electron chi connectivity index (χ1n) is 6.01. The molecule has 0 amide bonds. The van der Waals surface area contributed by atoms with E-state index in [4.69, 9.17) is 0 Å². The van der Waals surface area contributed by atoms with Crippen molar-refractivity contribution in [1.29, 1.82) is 0 Å². The summed E-state index contributed by atoms with van der Waals surface area (Å²) in [5.41, 5.74) is 5.31. The van der Waals surface area contributed by atoms with E-state index in [1.54, 1.807) is 0 Å². The second-order valence-electron chi connectivity index (χ2n) is 4.49. The Labute approximate surface area is 103 Å². The maximum Gasteiger partial charge on any atom is 0.0576 e. The van der Waals surface area contributed by atoms with Gasteiger partial charge < -0.3 is 5.32 Å².